The van der Waals surface area contributed by atoms with Crippen LogP contribution in [-0.4, -0.2) is 41.0 Å². The van der Waals surface area contributed by atoms with E-state index in [9.17, 15) is 14.4 Å². The van der Waals surface area contributed by atoms with Crippen LogP contribution in [0.15, 0.2) is 54.6 Å². The molecule has 7 nitrogen and oxygen atoms in total. The van der Waals surface area contributed by atoms with Crippen LogP contribution in [0.25, 0.3) is 0 Å². The standard InChI is InChI=1S/C27H37N3O4/c1-7-20-13-15-22(16-14-20)24(25(32)28-17-21-11-9-8-10-12-21)30(19(2)3)23(31)18-29-26(33)34-27(4,5)6/h8-16,19,24H,7,17-18H2,1-6H3,(H,28,32)(H,29,33). The van der Waals surface area contributed by atoms with E-state index in [2.05, 4.69) is 17.6 Å². The molecule has 2 aromatic carbocycles. The third kappa shape index (κ3) is 8.21. The number of hydrogen-bond donors (Lipinski definition) is 2. The van der Waals surface area contributed by atoms with E-state index in [0.29, 0.717) is 12.1 Å². The van der Waals surface area contributed by atoms with E-state index < -0.39 is 17.7 Å². The molecular weight excluding hydrogens is 430 g/mol. The summed E-state index contributed by atoms with van der Waals surface area (Å²) in [5, 5.41) is 5.48. The predicted octanol–water partition coefficient (Wildman–Crippen LogP) is 4.37. The zero-order valence-corrected chi connectivity index (χ0v) is 21.1. The number of alkyl carbamates (subject to hydrolysis) is 1. The number of amides is 3. The van der Waals surface area contributed by atoms with Crippen LogP contribution >= 0.6 is 0 Å². The van der Waals surface area contributed by atoms with Crippen molar-refractivity contribution < 1.29 is 19.1 Å². The van der Waals surface area contributed by atoms with Gasteiger partial charge in [0.2, 0.25) is 11.8 Å². The Balaban J connectivity index is 2.27. The van der Waals surface area contributed by atoms with Crippen molar-refractivity contribution in [3.05, 3.63) is 71.3 Å². The molecule has 0 aliphatic carbocycles. The fourth-order valence-corrected chi connectivity index (χ4v) is 3.54. The minimum Gasteiger partial charge on any atom is -0.444 e. The molecule has 34 heavy (non-hydrogen) atoms. The monoisotopic (exact) mass is 467 g/mol. The molecule has 7 heteroatoms. The largest absolute Gasteiger partial charge is 0.444 e. The van der Waals surface area contributed by atoms with Gasteiger partial charge in [0.05, 0.1) is 0 Å². The molecule has 1 atom stereocenters. The average molecular weight is 468 g/mol. The normalized spacial score (nSPS) is 12.1. The molecule has 2 rings (SSSR count). The second-order valence-electron chi connectivity index (χ2n) is 9.45. The van der Waals surface area contributed by atoms with Crippen molar-refractivity contribution in [1.82, 2.24) is 15.5 Å². The molecule has 1 unspecified atom stereocenters. The number of carbonyl (C=O) groups excluding carboxylic acids is 3. The number of benzene rings is 2. The first kappa shape index (κ1) is 26.9. The van der Waals surface area contributed by atoms with Crippen LogP contribution in [-0.2, 0) is 27.3 Å². The summed E-state index contributed by atoms with van der Waals surface area (Å²) >= 11 is 0. The maximum Gasteiger partial charge on any atom is 0.408 e. The zero-order valence-electron chi connectivity index (χ0n) is 21.1. The highest BCUT2D eigenvalue weighted by Crippen LogP contribution is 2.25. The topological polar surface area (TPSA) is 87.7 Å². The Morgan fingerprint density at radius 2 is 1.53 bits per heavy atom. The van der Waals surface area contributed by atoms with Gasteiger partial charge in [0.1, 0.15) is 18.2 Å². The summed E-state index contributed by atoms with van der Waals surface area (Å²) in [5.74, 6) is -0.660. The van der Waals surface area contributed by atoms with Gasteiger partial charge in [0.25, 0.3) is 0 Å². The van der Waals surface area contributed by atoms with E-state index in [1.165, 1.54) is 4.90 Å². The van der Waals surface area contributed by atoms with Gasteiger partial charge in [-0.1, -0.05) is 61.5 Å². The van der Waals surface area contributed by atoms with Gasteiger partial charge in [0, 0.05) is 12.6 Å². The Morgan fingerprint density at radius 1 is 0.912 bits per heavy atom. The van der Waals surface area contributed by atoms with Crippen LogP contribution in [0.1, 0.15) is 64.3 Å². The minimum absolute atomic E-state index is 0.275. The number of rotatable bonds is 9. The molecule has 0 aromatic heterocycles. The number of carbonyl (C=O) groups is 3. The predicted molar refractivity (Wildman–Crippen MR) is 133 cm³/mol. The van der Waals surface area contributed by atoms with E-state index >= 15 is 0 Å². The minimum atomic E-state index is -0.845. The Labute approximate surface area is 202 Å². The van der Waals surface area contributed by atoms with Crippen LogP contribution in [0.2, 0.25) is 0 Å². The maximum absolute atomic E-state index is 13.4. The van der Waals surface area contributed by atoms with E-state index in [0.717, 1.165) is 17.5 Å². The van der Waals surface area contributed by atoms with E-state index in [4.69, 9.17) is 4.74 Å². The summed E-state index contributed by atoms with van der Waals surface area (Å²) in [7, 11) is 0. The first-order valence-electron chi connectivity index (χ1n) is 11.7. The molecule has 0 bridgehead atoms. The summed E-state index contributed by atoms with van der Waals surface area (Å²) < 4.78 is 5.23. The van der Waals surface area contributed by atoms with Gasteiger partial charge >= 0.3 is 6.09 Å². The number of nitrogens with zero attached hydrogens (tertiary/aromatic N) is 1. The highest BCUT2D eigenvalue weighted by Gasteiger charge is 2.33. The van der Waals surface area contributed by atoms with E-state index in [1.54, 1.807) is 20.8 Å². The Kier molecular flexibility index (Phi) is 9.66. The highest BCUT2D eigenvalue weighted by molar-refractivity contribution is 5.90. The number of aryl methyl sites for hydroxylation is 1. The molecule has 2 N–H and O–H groups in total. The second kappa shape index (κ2) is 12.2. The summed E-state index contributed by atoms with van der Waals surface area (Å²) in [6.45, 7) is 11.1. The molecule has 0 saturated heterocycles. The first-order chi connectivity index (χ1) is 16.0. The van der Waals surface area contributed by atoms with Gasteiger partial charge < -0.3 is 20.3 Å². The smallest absolute Gasteiger partial charge is 0.408 e. The number of ether oxygens (including phenoxy) is 1. The van der Waals surface area contributed by atoms with Crippen molar-refractivity contribution in [3.8, 4) is 0 Å². The van der Waals surface area contributed by atoms with Crippen LogP contribution in [0.5, 0.6) is 0 Å². The molecule has 0 spiro atoms. The quantitative estimate of drug-likeness (QED) is 0.573. The summed E-state index contributed by atoms with van der Waals surface area (Å²) in [6, 6.07) is 16.2. The molecule has 0 radical (unpaired) electrons. The van der Waals surface area contributed by atoms with E-state index in [-0.39, 0.29) is 24.4 Å². The van der Waals surface area contributed by atoms with Crippen LogP contribution in [0.3, 0.4) is 0 Å². The molecule has 184 valence electrons. The molecule has 2 aromatic rings. The molecule has 3 amide bonds. The van der Waals surface area contributed by atoms with Gasteiger partial charge in [-0.3, -0.25) is 9.59 Å². The number of nitrogens with one attached hydrogen (secondary N) is 2. The molecule has 0 aliphatic rings. The van der Waals surface area contributed by atoms with E-state index in [1.807, 2.05) is 68.4 Å². The van der Waals surface area contributed by atoms with Crippen molar-refractivity contribution in [2.24, 2.45) is 0 Å². The Hall–Kier alpha value is -3.35. The van der Waals surface area contributed by atoms with Gasteiger partial charge in [0.15, 0.2) is 0 Å². The summed E-state index contributed by atoms with van der Waals surface area (Å²) in [4.78, 5) is 40.3. The molecule has 0 heterocycles. The number of hydrogen-bond acceptors (Lipinski definition) is 4. The van der Waals surface area contributed by atoms with Gasteiger partial charge in [-0.15, -0.1) is 0 Å². The molecule has 0 aliphatic heterocycles. The van der Waals surface area contributed by atoms with Crippen molar-refractivity contribution in [3.63, 3.8) is 0 Å². The van der Waals surface area contributed by atoms with Crippen molar-refractivity contribution in [1.29, 1.82) is 0 Å². The summed E-state index contributed by atoms with van der Waals surface area (Å²) in [6.07, 6.45) is 0.194. The summed E-state index contributed by atoms with van der Waals surface area (Å²) in [5.41, 5.74) is 2.14. The van der Waals surface area contributed by atoms with Crippen LogP contribution in [0.4, 0.5) is 4.79 Å². The lowest BCUT2D eigenvalue weighted by Gasteiger charge is -2.35. The SMILES string of the molecule is CCc1ccc(C(C(=O)NCc2ccccc2)N(C(=O)CNC(=O)OC(C)(C)C)C(C)C)cc1. The highest BCUT2D eigenvalue weighted by atomic mass is 16.6. The second-order valence-corrected chi connectivity index (χ2v) is 9.45. The molecular formula is C27H37N3O4. The van der Waals surface area contributed by atoms with Gasteiger partial charge in [-0.25, -0.2) is 4.79 Å². The third-order valence-corrected chi connectivity index (χ3v) is 5.17. The fraction of sp³-hybridized carbons (Fsp3) is 0.444. The van der Waals surface area contributed by atoms with Crippen LogP contribution in [0, 0.1) is 0 Å². The van der Waals surface area contributed by atoms with Gasteiger partial charge in [-0.2, -0.15) is 0 Å². The molecule has 0 saturated carbocycles. The lowest BCUT2D eigenvalue weighted by Crippen LogP contribution is -2.50. The van der Waals surface area contributed by atoms with Gasteiger partial charge in [-0.05, 0) is 57.7 Å². The average Bonchev–Trinajstić information content (AvgIpc) is 2.79. The fourth-order valence-electron chi connectivity index (χ4n) is 3.54. The van der Waals surface area contributed by atoms with Crippen molar-refractivity contribution >= 4 is 17.9 Å². The third-order valence-electron chi connectivity index (χ3n) is 5.17. The van der Waals surface area contributed by atoms with Crippen molar-refractivity contribution in [2.75, 3.05) is 6.54 Å². The first-order valence-corrected chi connectivity index (χ1v) is 11.7. The maximum atomic E-state index is 13.4. The lowest BCUT2D eigenvalue weighted by atomic mass is 10.00. The Morgan fingerprint density at radius 3 is 2.06 bits per heavy atom. The lowest BCUT2D eigenvalue weighted by molar-refractivity contribution is -0.142. The Bertz CT molecular complexity index is 950. The molecule has 0 fully saturated rings. The van der Waals surface area contributed by atoms with Crippen molar-refractivity contribution in [2.45, 2.75) is 72.2 Å². The van der Waals surface area contributed by atoms with Crippen LogP contribution < -0.4 is 10.6 Å². The zero-order chi connectivity index (χ0) is 25.3.